The Hall–Kier alpha value is -3.61. The second-order valence-electron chi connectivity index (χ2n) is 22.9. The monoisotopic (exact) mass is 1070 g/mol. The first-order valence-electron chi connectivity index (χ1n) is 27.1. The number of aliphatic hydroxyl groups is 5. The lowest BCUT2D eigenvalue weighted by molar-refractivity contribution is -0.318. The number of aromatic nitrogens is 4. The smallest absolute Gasteiger partial charge is 0.311 e. The zero-order valence-corrected chi connectivity index (χ0v) is 47.2. The quantitative estimate of drug-likeness (QED) is 0.118. The summed E-state index contributed by atoms with van der Waals surface area (Å²) in [7, 11) is 6.76. The summed E-state index contributed by atoms with van der Waals surface area (Å²) in [6.45, 7) is 17.5. The van der Waals surface area contributed by atoms with Gasteiger partial charge >= 0.3 is 5.97 Å². The van der Waals surface area contributed by atoms with E-state index in [9.17, 15) is 34.7 Å². The van der Waals surface area contributed by atoms with Crippen LogP contribution in [0.4, 0.5) is 4.39 Å². The molecule has 428 valence electrons. The molecule has 6 rings (SSSR count). The predicted molar refractivity (Wildman–Crippen MR) is 281 cm³/mol. The maximum atomic E-state index is 14.9. The van der Waals surface area contributed by atoms with Gasteiger partial charge in [-0.25, -0.2) is 9.07 Å². The summed E-state index contributed by atoms with van der Waals surface area (Å²) in [6.07, 6.45) is -4.52. The van der Waals surface area contributed by atoms with Crippen molar-refractivity contribution in [1.29, 1.82) is 0 Å². The van der Waals surface area contributed by atoms with Crippen LogP contribution in [0, 0.1) is 17.8 Å². The van der Waals surface area contributed by atoms with E-state index in [2.05, 4.69) is 15.3 Å². The second-order valence-corrected chi connectivity index (χ2v) is 22.9. The van der Waals surface area contributed by atoms with Crippen molar-refractivity contribution in [3.63, 3.8) is 0 Å². The van der Waals surface area contributed by atoms with E-state index in [4.69, 9.17) is 33.2 Å². The summed E-state index contributed by atoms with van der Waals surface area (Å²) in [6, 6.07) is 9.75. The number of ether oxygens (including phenoxy) is 7. The summed E-state index contributed by atoms with van der Waals surface area (Å²) in [5.41, 5.74) is -1.19. The molecule has 19 nitrogen and oxygen atoms in total. The topological polar surface area (TPSA) is 233 Å². The lowest BCUT2D eigenvalue weighted by Gasteiger charge is -2.49. The highest BCUT2D eigenvalue weighted by Gasteiger charge is 2.53. The number of carbonyl (C=O) groups excluding carboxylic acids is 1. The highest BCUT2D eigenvalue weighted by Crippen LogP contribution is 2.41. The third-order valence-corrected chi connectivity index (χ3v) is 16.7. The van der Waals surface area contributed by atoms with Gasteiger partial charge in [0.05, 0.1) is 47.2 Å². The molecule has 5 N–H and O–H groups in total. The number of halogens is 1. The number of nitrogens with zero attached hydrogens (tertiary/aromatic N) is 6. The van der Waals surface area contributed by atoms with Gasteiger partial charge in [-0.3, -0.25) is 9.78 Å². The van der Waals surface area contributed by atoms with Gasteiger partial charge in [0, 0.05) is 76.7 Å². The van der Waals surface area contributed by atoms with E-state index in [1.807, 2.05) is 74.1 Å². The van der Waals surface area contributed by atoms with Gasteiger partial charge in [-0.05, 0) is 117 Å². The zero-order chi connectivity index (χ0) is 56.0. The Morgan fingerprint density at radius 1 is 0.921 bits per heavy atom. The molecule has 76 heavy (non-hydrogen) atoms. The first-order valence-corrected chi connectivity index (χ1v) is 27.1. The number of pyridine rings is 1. The molecule has 0 radical (unpaired) electrons. The average Bonchev–Trinajstić information content (AvgIpc) is 3.87. The summed E-state index contributed by atoms with van der Waals surface area (Å²) >= 11 is 0. The molecule has 3 aromatic rings. The van der Waals surface area contributed by atoms with Crippen LogP contribution >= 0.6 is 0 Å². The van der Waals surface area contributed by atoms with Crippen molar-refractivity contribution in [3.05, 3.63) is 66.2 Å². The minimum Gasteiger partial charge on any atom is -0.459 e. The van der Waals surface area contributed by atoms with Crippen LogP contribution in [0.5, 0.6) is 0 Å². The lowest BCUT2D eigenvalue weighted by Crippen LogP contribution is -2.61. The Morgan fingerprint density at radius 3 is 2.20 bits per heavy atom. The summed E-state index contributed by atoms with van der Waals surface area (Å²) in [5, 5.41) is 68.6. The van der Waals surface area contributed by atoms with Crippen molar-refractivity contribution in [3.8, 4) is 11.1 Å². The van der Waals surface area contributed by atoms with E-state index in [-0.39, 0.29) is 25.2 Å². The maximum absolute atomic E-state index is 14.9. The predicted octanol–water partition coefficient (Wildman–Crippen LogP) is 5.07. The highest BCUT2D eigenvalue weighted by molar-refractivity contribution is 5.73. The molecule has 2 aromatic heterocycles. The van der Waals surface area contributed by atoms with Crippen molar-refractivity contribution >= 4 is 5.97 Å². The minimum absolute atomic E-state index is 0.0838. The van der Waals surface area contributed by atoms with Crippen LogP contribution < -0.4 is 0 Å². The fourth-order valence-corrected chi connectivity index (χ4v) is 11.9. The largest absolute Gasteiger partial charge is 0.459 e. The van der Waals surface area contributed by atoms with Crippen LogP contribution in [-0.2, 0) is 44.4 Å². The minimum atomic E-state index is -1.85. The molecule has 0 amide bonds. The molecule has 3 fully saturated rings. The van der Waals surface area contributed by atoms with E-state index < -0.39 is 127 Å². The third-order valence-electron chi connectivity index (χ3n) is 16.7. The summed E-state index contributed by atoms with van der Waals surface area (Å²) in [5.74, 6) is -2.88. The van der Waals surface area contributed by atoms with Gasteiger partial charge in [0.15, 0.2) is 12.6 Å². The number of rotatable bonds is 16. The van der Waals surface area contributed by atoms with Gasteiger partial charge in [0.25, 0.3) is 0 Å². The first kappa shape index (κ1) is 61.6. The molecule has 0 saturated carbocycles. The lowest BCUT2D eigenvalue weighted by atomic mass is 9.77. The number of cyclic esters (lactones) is 1. The third kappa shape index (κ3) is 14.0. The molecule has 0 bridgehead atoms. The van der Waals surface area contributed by atoms with E-state index in [1.54, 1.807) is 74.2 Å². The fourth-order valence-electron chi connectivity index (χ4n) is 11.9. The van der Waals surface area contributed by atoms with Crippen LogP contribution in [0.2, 0.25) is 0 Å². The second kappa shape index (κ2) is 26.1. The number of methoxy groups -OCH3 is 2. The Bertz CT molecular complexity index is 2260. The molecule has 0 spiro atoms. The maximum Gasteiger partial charge on any atom is 0.311 e. The standard InChI is InChI=1S/C56H89FN6O13/c1-15-44-56(10,69)49(65)36(6)62(12)30-32(2)27-54(8,68)51(34(4)47(35(5)52(67)74-44)75-45-28-55(9,71-14)50(66)37(7)73-45)76-53-46(64)42(26-33(3)72-53)61(11)25-22-41-31-63(60-59-41)43(29-57)48(70-13)40-18-16-38(17-19-40)39-20-23-58-24-21-39/h16-21,23-24,31-37,42-51,53,64-66,68-69H,15,22,25-30H2,1-14H3/t32-,33-,34+,35-,36-,37+,42+,43-,44-,45+,46-,47+,48-,49-,50+,51-,53+,54-,55-,56-/m1/s1. The summed E-state index contributed by atoms with van der Waals surface area (Å²) < 4.78 is 60.6. The van der Waals surface area contributed by atoms with E-state index >= 15 is 0 Å². The highest BCUT2D eigenvalue weighted by atomic mass is 19.1. The van der Waals surface area contributed by atoms with Crippen molar-refractivity contribution in [2.24, 2.45) is 17.8 Å². The molecule has 20 atom stereocenters. The Balaban J connectivity index is 1.25. The van der Waals surface area contributed by atoms with Crippen LogP contribution in [0.15, 0.2) is 55.0 Å². The number of esters is 1. The normalized spacial score (nSPS) is 38.5. The molecule has 1 aromatic carbocycles. The molecular formula is C56H89FN6O13. The SMILES string of the molecule is CC[C@H]1OC(=O)[C@H](C)[C@@H](O[C@H]2C[C@@](C)(OC)[C@@H](O)[C@H](C)O2)[C@H](C)[C@@H](O[C@@H]2O[C@H](C)C[C@H](N(C)CCc3cn([C@H](CF)[C@H](OC)c4ccc(-c5ccncc5)cc4)nn3)[C@H]2O)[C@](C)(O)C[C@@H](C)CN(C)[C@H](C)[C@@H](O)[C@]1(C)O. The zero-order valence-electron chi connectivity index (χ0n) is 47.2. The number of carbonyl (C=O) groups is 1. The van der Waals surface area contributed by atoms with Crippen LogP contribution in [-0.4, -0.2) is 200 Å². The van der Waals surface area contributed by atoms with Crippen LogP contribution in [0.1, 0.15) is 118 Å². The van der Waals surface area contributed by atoms with Crippen LogP contribution in [0.25, 0.3) is 11.1 Å². The summed E-state index contributed by atoms with van der Waals surface area (Å²) in [4.78, 5) is 22.5. The molecule has 0 unspecified atom stereocenters. The number of likely N-dealkylation sites (N-methyl/N-ethyl adjacent to an activating group) is 2. The van der Waals surface area contributed by atoms with E-state index in [1.165, 1.54) is 18.7 Å². The average molecular weight is 1070 g/mol. The Kier molecular flexibility index (Phi) is 21.2. The van der Waals surface area contributed by atoms with Gasteiger partial charge in [-0.2, -0.15) is 0 Å². The van der Waals surface area contributed by atoms with E-state index in [0.717, 1.165) is 16.7 Å². The van der Waals surface area contributed by atoms with Crippen molar-refractivity contribution in [1.82, 2.24) is 29.8 Å². The van der Waals surface area contributed by atoms with Gasteiger partial charge in [0.1, 0.15) is 48.8 Å². The fraction of sp³-hybridized carbons (Fsp3) is 0.750. The number of hydrogen-bond acceptors (Lipinski definition) is 18. The number of hydrogen-bond donors (Lipinski definition) is 5. The number of alkyl halides is 1. The van der Waals surface area contributed by atoms with E-state index in [0.29, 0.717) is 31.6 Å². The van der Waals surface area contributed by atoms with Gasteiger partial charge in [0.2, 0.25) is 0 Å². The number of benzene rings is 1. The molecule has 5 heterocycles. The van der Waals surface area contributed by atoms with Gasteiger partial charge < -0.3 is 68.5 Å². The molecule has 3 saturated heterocycles. The Labute approximate surface area is 449 Å². The van der Waals surface area contributed by atoms with Crippen molar-refractivity contribution < 1.29 is 67.9 Å². The Morgan fingerprint density at radius 2 is 1.58 bits per heavy atom. The number of aliphatic hydroxyl groups excluding tert-OH is 3. The van der Waals surface area contributed by atoms with Gasteiger partial charge in [-0.15, -0.1) is 5.10 Å². The molecular weight excluding hydrogens is 984 g/mol. The molecule has 3 aliphatic heterocycles. The van der Waals surface area contributed by atoms with Crippen molar-refractivity contribution in [2.75, 3.05) is 48.1 Å². The molecule has 0 aliphatic carbocycles. The van der Waals surface area contributed by atoms with Gasteiger partial charge in [-0.1, -0.05) is 50.3 Å². The molecule has 20 heteroatoms. The van der Waals surface area contributed by atoms with Crippen LogP contribution in [0.3, 0.4) is 0 Å². The van der Waals surface area contributed by atoms with Crippen molar-refractivity contribution in [2.45, 2.75) is 204 Å². The first-order chi connectivity index (χ1) is 35.8. The molecule has 3 aliphatic rings.